The molecule has 0 spiro atoms. The highest BCUT2D eigenvalue weighted by molar-refractivity contribution is 5.42. The molecule has 1 aliphatic heterocycles. The van der Waals surface area contributed by atoms with Crippen LogP contribution in [0.2, 0.25) is 0 Å². The molecule has 1 saturated heterocycles. The third kappa shape index (κ3) is 4.38. The summed E-state index contributed by atoms with van der Waals surface area (Å²) in [6, 6.07) is 0. The van der Waals surface area contributed by atoms with Gasteiger partial charge in [-0.1, -0.05) is 6.92 Å². The number of likely N-dealkylation sites (N-methyl/N-ethyl adjacent to an activating group) is 1. The first-order chi connectivity index (χ1) is 10.1. The maximum atomic E-state index is 5.74. The van der Waals surface area contributed by atoms with Crippen LogP contribution in [0, 0.1) is 0 Å². The molecule has 2 rings (SSSR count). The molecule has 4 N–H and O–H groups in total. The van der Waals surface area contributed by atoms with E-state index in [-0.39, 0.29) is 6.10 Å². The fraction of sp³-hybridized carbons (Fsp3) is 0.750. The highest BCUT2D eigenvalue weighted by Crippen LogP contribution is 2.11. The molecule has 0 aliphatic carbocycles. The topological polar surface area (TPSA) is 104 Å². The number of hydrazine groups is 1. The lowest BCUT2D eigenvalue weighted by Gasteiger charge is -2.32. The Kier molecular flexibility index (Phi) is 5.48. The molecule has 1 fully saturated rings. The first-order valence-electron chi connectivity index (χ1n) is 7.10. The second kappa shape index (κ2) is 7.34. The minimum Gasteiger partial charge on any atom is -0.374 e. The van der Waals surface area contributed by atoms with Crippen LogP contribution in [0.25, 0.3) is 0 Å². The number of hydrogen-bond acceptors (Lipinski definition) is 9. The Bertz CT molecular complexity index is 455. The van der Waals surface area contributed by atoms with Gasteiger partial charge in [-0.15, -0.1) is 0 Å². The minimum atomic E-state index is 0.132. The van der Waals surface area contributed by atoms with Crippen LogP contribution >= 0.6 is 0 Å². The molecule has 0 radical (unpaired) electrons. The van der Waals surface area contributed by atoms with E-state index in [2.05, 4.69) is 37.5 Å². The molecule has 1 aromatic heterocycles. The first kappa shape index (κ1) is 15.7. The Labute approximate surface area is 124 Å². The van der Waals surface area contributed by atoms with E-state index in [4.69, 9.17) is 10.6 Å². The number of aromatic nitrogens is 3. The van der Waals surface area contributed by atoms with Crippen LogP contribution in [-0.2, 0) is 4.74 Å². The Hall–Kier alpha value is -1.71. The number of hydrogen-bond donors (Lipinski definition) is 3. The Morgan fingerprint density at radius 1 is 1.33 bits per heavy atom. The van der Waals surface area contributed by atoms with E-state index in [9.17, 15) is 0 Å². The number of ether oxygens (including phenoxy) is 1. The zero-order chi connectivity index (χ0) is 15.2. The summed E-state index contributed by atoms with van der Waals surface area (Å²) in [5, 5.41) is 3.19. The minimum absolute atomic E-state index is 0.132. The second-order valence-corrected chi connectivity index (χ2v) is 5.09. The van der Waals surface area contributed by atoms with Crippen LogP contribution in [0.1, 0.15) is 6.92 Å². The normalized spacial score (nSPS) is 19.3. The molecular formula is C12H24N8O. The van der Waals surface area contributed by atoms with Crippen molar-refractivity contribution in [2.45, 2.75) is 13.0 Å². The molecule has 1 atom stereocenters. The van der Waals surface area contributed by atoms with E-state index < -0.39 is 0 Å². The van der Waals surface area contributed by atoms with Crippen molar-refractivity contribution in [2.75, 3.05) is 62.5 Å². The molecule has 9 nitrogen and oxygen atoms in total. The monoisotopic (exact) mass is 296 g/mol. The molecule has 1 unspecified atom stereocenters. The molecule has 1 aliphatic rings. The average Bonchev–Trinajstić information content (AvgIpc) is 2.52. The molecule has 2 heterocycles. The lowest BCUT2D eigenvalue weighted by Crippen LogP contribution is -2.45. The average molecular weight is 296 g/mol. The van der Waals surface area contributed by atoms with Gasteiger partial charge in [-0.2, -0.15) is 15.0 Å². The SMILES string of the molecule is CCN1CCOC(CNc2nc(NN)nc(N(C)C)n2)C1. The number of nitrogen functional groups attached to an aromatic ring is 1. The van der Waals surface area contributed by atoms with Gasteiger partial charge >= 0.3 is 0 Å². The number of nitrogens with two attached hydrogens (primary N) is 1. The Morgan fingerprint density at radius 2 is 2.10 bits per heavy atom. The van der Waals surface area contributed by atoms with Crippen molar-refractivity contribution < 1.29 is 4.74 Å². The highest BCUT2D eigenvalue weighted by Gasteiger charge is 2.19. The smallest absolute Gasteiger partial charge is 0.243 e. The van der Waals surface area contributed by atoms with Crippen LogP contribution in [0.3, 0.4) is 0 Å². The van der Waals surface area contributed by atoms with Gasteiger partial charge in [-0.25, -0.2) is 5.84 Å². The van der Waals surface area contributed by atoms with Crippen molar-refractivity contribution in [3.8, 4) is 0 Å². The summed E-state index contributed by atoms with van der Waals surface area (Å²) in [4.78, 5) is 16.8. The van der Waals surface area contributed by atoms with Gasteiger partial charge in [0.15, 0.2) is 0 Å². The van der Waals surface area contributed by atoms with Crippen molar-refractivity contribution in [2.24, 2.45) is 5.84 Å². The van der Waals surface area contributed by atoms with Crippen molar-refractivity contribution in [1.82, 2.24) is 19.9 Å². The Balaban J connectivity index is 1.97. The highest BCUT2D eigenvalue weighted by atomic mass is 16.5. The number of anilines is 3. The van der Waals surface area contributed by atoms with Crippen LogP contribution in [0.15, 0.2) is 0 Å². The van der Waals surface area contributed by atoms with E-state index in [1.165, 1.54) is 0 Å². The van der Waals surface area contributed by atoms with Crippen LogP contribution in [-0.4, -0.2) is 72.8 Å². The number of nitrogens with one attached hydrogen (secondary N) is 2. The summed E-state index contributed by atoms with van der Waals surface area (Å²) in [6.07, 6.45) is 0.132. The van der Waals surface area contributed by atoms with Crippen LogP contribution < -0.4 is 21.5 Å². The summed E-state index contributed by atoms with van der Waals surface area (Å²) in [5.74, 6) is 6.74. The third-order valence-electron chi connectivity index (χ3n) is 3.31. The molecule has 0 bridgehead atoms. The van der Waals surface area contributed by atoms with Crippen molar-refractivity contribution in [3.05, 3.63) is 0 Å². The molecular weight excluding hydrogens is 272 g/mol. The molecule has 0 saturated carbocycles. The van der Waals surface area contributed by atoms with Gasteiger partial charge in [0.25, 0.3) is 0 Å². The number of rotatable bonds is 6. The largest absolute Gasteiger partial charge is 0.374 e. The fourth-order valence-corrected chi connectivity index (χ4v) is 2.10. The predicted octanol–water partition coefficient (Wildman–Crippen LogP) is -0.644. The summed E-state index contributed by atoms with van der Waals surface area (Å²) in [7, 11) is 3.73. The number of nitrogens with zero attached hydrogens (tertiary/aromatic N) is 5. The molecule has 0 aromatic carbocycles. The van der Waals surface area contributed by atoms with Crippen molar-refractivity contribution in [1.29, 1.82) is 0 Å². The lowest BCUT2D eigenvalue weighted by atomic mass is 10.2. The molecule has 1 aromatic rings. The summed E-state index contributed by atoms with van der Waals surface area (Å²) >= 11 is 0. The lowest BCUT2D eigenvalue weighted by molar-refractivity contribution is -0.0192. The van der Waals surface area contributed by atoms with E-state index in [1.807, 2.05) is 14.1 Å². The first-order valence-corrected chi connectivity index (χ1v) is 7.10. The third-order valence-corrected chi connectivity index (χ3v) is 3.31. The standard InChI is InChI=1S/C12H24N8O/c1-4-20-5-6-21-9(8-20)7-14-10-15-11(18-13)17-12(16-10)19(2)3/h9H,4-8,13H2,1-3H3,(H2,14,15,16,17,18). The van der Waals surface area contributed by atoms with Gasteiger partial charge in [-0.3, -0.25) is 10.3 Å². The zero-order valence-electron chi connectivity index (χ0n) is 12.8. The quantitative estimate of drug-likeness (QED) is 0.467. The van der Waals surface area contributed by atoms with Crippen molar-refractivity contribution in [3.63, 3.8) is 0 Å². The van der Waals surface area contributed by atoms with E-state index in [0.717, 1.165) is 26.2 Å². The van der Waals surface area contributed by atoms with Crippen LogP contribution in [0.4, 0.5) is 17.8 Å². The summed E-state index contributed by atoms with van der Waals surface area (Å²) in [6.45, 7) is 6.51. The fourth-order valence-electron chi connectivity index (χ4n) is 2.10. The van der Waals surface area contributed by atoms with Crippen LogP contribution in [0.5, 0.6) is 0 Å². The predicted molar refractivity (Wildman–Crippen MR) is 82.3 cm³/mol. The van der Waals surface area contributed by atoms with E-state index in [1.54, 1.807) is 4.90 Å². The summed E-state index contributed by atoms with van der Waals surface area (Å²) < 4.78 is 5.74. The second-order valence-electron chi connectivity index (χ2n) is 5.09. The van der Waals surface area contributed by atoms with Crippen molar-refractivity contribution >= 4 is 17.8 Å². The van der Waals surface area contributed by atoms with Gasteiger partial charge in [0.1, 0.15) is 0 Å². The zero-order valence-corrected chi connectivity index (χ0v) is 12.8. The number of morpholine rings is 1. The van der Waals surface area contributed by atoms with Gasteiger partial charge < -0.3 is 15.0 Å². The maximum absolute atomic E-state index is 5.74. The Morgan fingerprint density at radius 3 is 2.76 bits per heavy atom. The molecule has 0 amide bonds. The van der Waals surface area contributed by atoms with Gasteiger partial charge in [0.2, 0.25) is 17.8 Å². The van der Waals surface area contributed by atoms with E-state index >= 15 is 0 Å². The van der Waals surface area contributed by atoms with Gasteiger partial charge in [0.05, 0.1) is 12.7 Å². The molecule has 9 heteroatoms. The summed E-state index contributed by atoms with van der Waals surface area (Å²) in [5.41, 5.74) is 2.45. The van der Waals surface area contributed by atoms with Gasteiger partial charge in [0, 0.05) is 33.7 Å². The maximum Gasteiger partial charge on any atom is 0.243 e. The van der Waals surface area contributed by atoms with E-state index in [0.29, 0.717) is 24.4 Å². The van der Waals surface area contributed by atoms with Gasteiger partial charge in [-0.05, 0) is 6.54 Å². The molecule has 118 valence electrons. The molecule has 21 heavy (non-hydrogen) atoms.